The Kier molecular flexibility index (Phi) is 5.08. The van der Waals surface area contributed by atoms with Crippen molar-refractivity contribution in [2.75, 3.05) is 18.1 Å². The van der Waals surface area contributed by atoms with E-state index in [2.05, 4.69) is 0 Å². The summed E-state index contributed by atoms with van der Waals surface area (Å²) >= 11 is 0. The van der Waals surface area contributed by atoms with Gasteiger partial charge in [-0.05, 0) is 57.5 Å². The molecule has 0 fully saturated rings. The number of carboxylic acids is 1. The SMILES string of the molecule is Cc1ccc(OCCCN2C(=O)C(C)(C)Oc3ccc(C(=O)O)cc32)cc1. The van der Waals surface area contributed by atoms with Crippen molar-refractivity contribution in [3.8, 4) is 11.5 Å². The fourth-order valence-corrected chi connectivity index (χ4v) is 2.97. The number of nitrogens with zero attached hydrogens (tertiary/aromatic N) is 1. The van der Waals surface area contributed by atoms with E-state index in [4.69, 9.17) is 9.47 Å². The van der Waals surface area contributed by atoms with E-state index in [-0.39, 0.29) is 11.5 Å². The molecule has 2 aromatic carbocycles. The third-order valence-electron chi connectivity index (χ3n) is 4.44. The van der Waals surface area contributed by atoms with E-state index in [0.717, 1.165) is 11.3 Å². The summed E-state index contributed by atoms with van der Waals surface area (Å²) in [5.41, 5.74) is 0.755. The molecular formula is C21H23NO5. The normalized spacial score (nSPS) is 15.1. The molecule has 0 saturated heterocycles. The van der Waals surface area contributed by atoms with Crippen molar-refractivity contribution in [1.82, 2.24) is 0 Å². The number of benzene rings is 2. The number of carbonyl (C=O) groups is 2. The summed E-state index contributed by atoms with van der Waals surface area (Å²) in [5.74, 6) is 0.0393. The van der Waals surface area contributed by atoms with Crippen LogP contribution < -0.4 is 14.4 Å². The molecule has 0 aromatic heterocycles. The summed E-state index contributed by atoms with van der Waals surface area (Å²) in [5, 5.41) is 9.24. The highest BCUT2D eigenvalue weighted by Crippen LogP contribution is 2.38. The minimum Gasteiger partial charge on any atom is -0.494 e. The van der Waals surface area contributed by atoms with Gasteiger partial charge in [-0.25, -0.2) is 4.79 Å². The Morgan fingerprint density at radius 3 is 2.56 bits per heavy atom. The van der Waals surface area contributed by atoms with Gasteiger partial charge in [0, 0.05) is 6.54 Å². The lowest BCUT2D eigenvalue weighted by Crippen LogP contribution is -2.53. The minimum absolute atomic E-state index is 0.116. The molecule has 0 atom stereocenters. The van der Waals surface area contributed by atoms with Crippen LogP contribution in [-0.4, -0.2) is 35.7 Å². The number of hydrogen-bond acceptors (Lipinski definition) is 4. The Labute approximate surface area is 158 Å². The van der Waals surface area contributed by atoms with Gasteiger partial charge in [-0.1, -0.05) is 17.7 Å². The molecular weight excluding hydrogens is 346 g/mol. The van der Waals surface area contributed by atoms with Crippen LogP contribution in [-0.2, 0) is 4.79 Å². The Bertz CT molecular complexity index is 857. The van der Waals surface area contributed by atoms with Crippen LogP contribution >= 0.6 is 0 Å². The monoisotopic (exact) mass is 369 g/mol. The second-order valence-corrected chi connectivity index (χ2v) is 7.07. The summed E-state index contributed by atoms with van der Waals surface area (Å²) in [6, 6.07) is 12.3. The van der Waals surface area contributed by atoms with Crippen LogP contribution in [0.1, 0.15) is 36.2 Å². The maximum atomic E-state index is 12.8. The molecule has 0 bridgehead atoms. The molecule has 1 N–H and O–H groups in total. The molecule has 0 saturated carbocycles. The molecule has 1 amide bonds. The van der Waals surface area contributed by atoms with Crippen LogP contribution in [0.15, 0.2) is 42.5 Å². The predicted octanol–water partition coefficient (Wildman–Crippen LogP) is 3.67. The minimum atomic E-state index is -1.04. The van der Waals surface area contributed by atoms with E-state index in [1.54, 1.807) is 24.8 Å². The van der Waals surface area contributed by atoms with E-state index in [9.17, 15) is 14.7 Å². The summed E-state index contributed by atoms with van der Waals surface area (Å²) in [6.07, 6.45) is 0.604. The number of carboxylic acid groups (broad SMARTS) is 1. The molecule has 1 heterocycles. The lowest BCUT2D eigenvalue weighted by Gasteiger charge is -2.39. The van der Waals surface area contributed by atoms with Gasteiger partial charge in [-0.2, -0.15) is 0 Å². The Balaban J connectivity index is 1.73. The van der Waals surface area contributed by atoms with Gasteiger partial charge in [0.15, 0.2) is 5.60 Å². The number of rotatable bonds is 6. The lowest BCUT2D eigenvalue weighted by molar-refractivity contribution is -0.132. The van der Waals surface area contributed by atoms with Crippen LogP contribution in [0.3, 0.4) is 0 Å². The number of hydrogen-bond donors (Lipinski definition) is 1. The Hall–Kier alpha value is -3.02. The van der Waals surface area contributed by atoms with Crippen LogP contribution in [0.2, 0.25) is 0 Å². The number of ether oxygens (including phenoxy) is 2. The highest BCUT2D eigenvalue weighted by atomic mass is 16.5. The van der Waals surface area contributed by atoms with Gasteiger partial charge in [-0.15, -0.1) is 0 Å². The smallest absolute Gasteiger partial charge is 0.335 e. The number of aromatic carboxylic acids is 1. The lowest BCUT2D eigenvalue weighted by atomic mass is 10.0. The van der Waals surface area contributed by atoms with Gasteiger partial charge in [0.05, 0.1) is 17.9 Å². The molecule has 27 heavy (non-hydrogen) atoms. The average Bonchev–Trinajstić information content (AvgIpc) is 2.62. The average molecular weight is 369 g/mol. The van der Waals surface area contributed by atoms with E-state index < -0.39 is 11.6 Å². The van der Waals surface area contributed by atoms with E-state index in [1.807, 2.05) is 31.2 Å². The summed E-state index contributed by atoms with van der Waals surface area (Å²) in [6.45, 7) is 6.28. The van der Waals surface area contributed by atoms with Crippen molar-refractivity contribution in [2.45, 2.75) is 32.8 Å². The first kappa shape index (κ1) is 18.8. The summed E-state index contributed by atoms with van der Waals surface area (Å²) in [7, 11) is 0. The number of anilines is 1. The fraction of sp³-hybridized carbons (Fsp3) is 0.333. The van der Waals surface area contributed by atoms with Crippen LogP contribution in [0.4, 0.5) is 5.69 Å². The highest BCUT2D eigenvalue weighted by molar-refractivity contribution is 6.03. The van der Waals surface area contributed by atoms with Crippen LogP contribution in [0, 0.1) is 6.92 Å². The van der Waals surface area contributed by atoms with E-state index in [0.29, 0.717) is 31.0 Å². The quantitative estimate of drug-likeness (QED) is 0.787. The molecule has 0 unspecified atom stereocenters. The zero-order valence-corrected chi connectivity index (χ0v) is 15.7. The maximum absolute atomic E-state index is 12.8. The van der Waals surface area contributed by atoms with Gasteiger partial charge in [-0.3, -0.25) is 4.79 Å². The topological polar surface area (TPSA) is 76.1 Å². The standard InChI is InChI=1S/C21H23NO5/c1-14-5-8-16(9-6-14)26-12-4-11-22-17-13-15(19(23)24)7-10-18(17)27-21(2,3)20(22)25/h5-10,13H,4,11-12H2,1-3H3,(H,23,24). The van der Waals surface area contributed by atoms with Crippen LogP contribution in [0.5, 0.6) is 11.5 Å². The second-order valence-electron chi connectivity index (χ2n) is 7.07. The largest absolute Gasteiger partial charge is 0.494 e. The predicted molar refractivity (Wildman–Crippen MR) is 102 cm³/mol. The van der Waals surface area contributed by atoms with Gasteiger partial charge < -0.3 is 19.5 Å². The van der Waals surface area contributed by atoms with Crippen molar-refractivity contribution >= 4 is 17.6 Å². The van der Waals surface area contributed by atoms with Gasteiger partial charge in [0.25, 0.3) is 5.91 Å². The highest BCUT2D eigenvalue weighted by Gasteiger charge is 2.40. The van der Waals surface area contributed by atoms with Crippen molar-refractivity contribution in [3.05, 3.63) is 53.6 Å². The van der Waals surface area contributed by atoms with E-state index in [1.165, 1.54) is 12.1 Å². The summed E-state index contributed by atoms with van der Waals surface area (Å²) in [4.78, 5) is 25.7. The Morgan fingerprint density at radius 2 is 1.89 bits per heavy atom. The number of carbonyl (C=O) groups excluding carboxylic acids is 1. The molecule has 2 aromatic rings. The molecule has 142 valence electrons. The first-order chi connectivity index (χ1) is 12.8. The maximum Gasteiger partial charge on any atom is 0.335 e. The fourth-order valence-electron chi connectivity index (χ4n) is 2.97. The molecule has 0 spiro atoms. The molecule has 6 heteroatoms. The molecule has 1 aliphatic heterocycles. The molecule has 1 aliphatic rings. The first-order valence-electron chi connectivity index (χ1n) is 8.86. The zero-order valence-electron chi connectivity index (χ0n) is 15.7. The number of fused-ring (bicyclic) bond motifs is 1. The third-order valence-corrected chi connectivity index (χ3v) is 4.44. The second kappa shape index (κ2) is 7.31. The number of aryl methyl sites for hydroxylation is 1. The Morgan fingerprint density at radius 1 is 1.19 bits per heavy atom. The van der Waals surface area contributed by atoms with Crippen molar-refractivity contribution in [2.24, 2.45) is 0 Å². The van der Waals surface area contributed by atoms with Crippen LogP contribution in [0.25, 0.3) is 0 Å². The number of amides is 1. The third kappa shape index (κ3) is 4.05. The van der Waals surface area contributed by atoms with Gasteiger partial charge in [0.1, 0.15) is 11.5 Å². The van der Waals surface area contributed by atoms with Crippen molar-refractivity contribution < 1.29 is 24.2 Å². The van der Waals surface area contributed by atoms with Gasteiger partial charge in [0.2, 0.25) is 0 Å². The first-order valence-corrected chi connectivity index (χ1v) is 8.86. The van der Waals surface area contributed by atoms with E-state index >= 15 is 0 Å². The van der Waals surface area contributed by atoms with Gasteiger partial charge >= 0.3 is 5.97 Å². The molecule has 0 radical (unpaired) electrons. The molecule has 0 aliphatic carbocycles. The molecule has 6 nitrogen and oxygen atoms in total. The van der Waals surface area contributed by atoms with Crippen molar-refractivity contribution in [3.63, 3.8) is 0 Å². The molecule has 3 rings (SSSR count). The van der Waals surface area contributed by atoms with Crippen molar-refractivity contribution in [1.29, 1.82) is 0 Å². The summed E-state index contributed by atoms with van der Waals surface area (Å²) < 4.78 is 11.5. The zero-order chi connectivity index (χ0) is 19.6.